The van der Waals surface area contributed by atoms with E-state index in [1.165, 1.54) is 12.8 Å². The zero-order valence-electron chi connectivity index (χ0n) is 5.39. The van der Waals surface area contributed by atoms with Crippen molar-refractivity contribution in [2.24, 2.45) is 5.92 Å². The third kappa shape index (κ3) is 0.732. The highest BCUT2D eigenvalue weighted by Crippen LogP contribution is 2.33. The number of hydrogen-bond acceptors (Lipinski definition) is 1. The maximum atomic E-state index is 10.7. The fourth-order valence-corrected chi connectivity index (χ4v) is 1.70. The van der Waals surface area contributed by atoms with E-state index in [1.54, 1.807) is 0 Å². The highest BCUT2D eigenvalue weighted by atomic mass is 16.1. The Bertz CT molecular complexity index is 144. The average Bonchev–Trinajstić information content (AvgIpc) is 1.78. The molecular weight excluding hydrogens is 114 g/mol. The van der Waals surface area contributed by atoms with E-state index in [1.807, 2.05) is 0 Å². The molecule has 1 N–H and O–H groups in total. The Morgan fingerprint density at radius 3 is 2.67 bits per heavy atom. The summed E-state index contributed by atoms with van der Waals surface area (Å²) >= 11 is 0. The normalized spacial score (nSPS) is 40.7. The number of fused-ring (bicyclic) bond motifs is 1. The molecule has 2 unspecified atom stereocenters. The molecule has 1 aliphatic heterocycles. The van der Waals surface area contributed by atoms with Gasteiger partial charge in [0.2, 0.25) is 5.91 Å². The molecular formula is C7H11NO. The average molecular weight is 125 g/mol. The topological polar surface area (TPSA) is 29.1 Å². The van der Waals surface area contributed by atoms with Crippen molar-refractivity contribution in [3.05, 3.63) is 0 Å². The van der Waals surface area contributed by atoms with Crippen molar-refractivity contribution in [1.29, 1.82) is 0 Å². The molecule has 0 bridgehead atoms. The summed E-state index contributed by atoms with van der Waals surface area (Å²) < 4.78 is 0. The van der Waals surface area contributed by atoms with Gasteiger partial charge in [-0.25, -0.2) is 0 Å². The molecule has 1 saturated heterocycles. The lowest BCUT2D eigenvalue weighted by Gasteiger charge is -2.40. The van der Waals surface area contributed by atoms with Gasteiger partial charge in [-0.05, 0) is 25.2 Å². The minimum Gasteiger partial charge on any atom is -0.353 e. The molecule has 0 aromatic carbocycles. The predicted octanol–water partition coefficient (Wildman–Crippen LogP) is 0.675. The molecule has 2 atom stereocenters. The molecule has 1 saturated carbocycles. The number of carbonyl (C=O) groups excluding carboxylic acids is 1. The van der Waals surface area contributed by atoms with Crippen LogP contribution in [0.5, 0.6) is 0 Å². The molecule has 0 aromatic heterocycles. The van der Waals surface area contributed by atoms with E-state index in [0.717, 1.165) is 18.8 Å². The minimum atomic E-state index is 0.260. The van der Waals surface area contributed by atoms with Gasteiger partial charge in [-0.3, -0.25) is 4.79 Å². The molecule has 2 nitrogen and oxygen atoms in total. The van der Waals surface area contributed by atoms with E-state index < -0.39 is 0 Å². The number of carbonyl (C=O) groups is 1. The first kappa shape index (κ1) is 5.27. The van der Waals surface area contributed by atoms with E-state index in [2.05, 4.69) is 5.32 Å². The van der Waals surface area contributed by atoms with E-state index in [-0.39, 0.29) is 5.91 Å². The lowest BCUT2D eigenvalue weighted by molar-refractivity contribution is -0.126. The zero-order chi connectivity index (χ0) is 6.27. The third-order valence-electron chi connectivity index (χ3n) is 2.51. The van der Waals surface area contributed by atoms with Crippen LogP contribution in [0.3, 0.4) is 0 Å². The minimum absolute atomic E-state index is 0.260. The van der Waals surface area contributed by atoms with E-state index in [9.17, 15) is 4.79 Å². The summed E-state index contributed by atoms with van der Waals surface area (Å²) in [6, 6.07) is 0.561. The highest BCUT2D eigenvalue weighted by molar-refractivity contribution is 5.77. The molecule has 1 amide bonds. The Labute approximate surface area is 54.6 Å². The third-order valence-corrected chi connectivity index (χ3v) is 2.51. The Morgan fingerprint density at radius 2 is 2.22 bits per heavy atom. The number of rotatable bonds is 0. The maximum Gasteiger partial charge on any atom is 0.220 e. The molecule has 2 fully saturated rings. The van der Waals surface area contributed by atoms with Crippen LogP contribution >= 0.6 is 0 Å². The Hall–Kier alpha value is -0.530. The fourth-order valence-electron chi connectivity index (χ4n) is 1.70. The smallest absolute Gasteiger partial charge is 0.220 e. The largest absolute Gasteiger partial charge is 0.353 e. The van der Waals surface area contributed by atoms with Crippen LogP contribution in [0.15, 0.2) is 0 Å². The quantitative estimate of drug-likeness (QED) is 0.506. The van der Waals surface area contributed by atoms with Gasteiger partial charge in [-0.2, -0.15) is 0 Å². The van der Waals surface area contributed by atoms with E-state index >= 15 is 0 Å². The Morgan fingerprint density at radius 1 is 1.33 bits per heavy atom. The zero-order valence-corrected chi connectivity index (χ0v) is 5.39. The fraction of sp³-hybridized carbons (Fsp3) is 0.857. The summed E-state index contributed by atoms with van der Waals surface area (Å²) in [5, 5.41) is 2.98. The van der Waals surface area contributed by atoms with E-state index in [4.69, 9.17) is 0 Å². The molecule has 0 aromatic rings. The predicted molar refractivity (Wildman–Crippen MR) is 33.9 cm³/mol. The number of hydrogen-bond donors (Lipinski definition) is 1. The first-order valence-corrected chi connectivity index (χ1v) is 3.65. The molecule has 50 valence electrons. The van der Waals surface area contributed by atoms with Crippen molar-refractivity contribution in [3.8, 4) is 0 Å². The standard InChI is InChI=1S/C7H11NO/c9-7-4-2-5-1-3-6(5)8-7/h5-6H,1-4H2,(H,8,9). The lowest BCUT2D eigenvalue weighted by Crippen LogP contribution is -2.50. The summed E-state index contributed by atoms with van der Waals surface area (Å²) in [6.45, 7) is 0. The van der Waals surface area contributed by atoms with Gasteiger partial charge in [0, 0.05) is 12.5 Å². The van der Waals surface area contributed by atoms with Crippen molar-refractivity contribution < 1.29 is 4.79 Å². The molecule has 0 spiro atoms. The van der Waals surface area contributed by atoms with Crippen LogP contribution in [0.2, 0.25) is 0 Å². The second-order valence-electron chi connectivity index (χ2n) is 3.05. The van der Waals surface area contributed by atoms with Crippen LogP contribution in [0.4, 0.5) is 0 Å². The van der Waals surface area contributed by atoms with Crippen LogP contribution in [0.25, 0.3) is 0 Å². The monoisotopic (exact) mass is 125 g/mol. The van der Waals surface area contributed by atoms with Gasteiger partial charge in [-0.1, -0.05) is 0 Å². The van der Waals surface area contributed by atoms with Crippen LogP contribution in [-0.2, 0) is 4.79 Å². The van der Waals surface area contributed by atoms with Crippen molar-refractivity contribution in [3.63, 3.8) is 0 Å². The van der Waals surface area contributed by atoms with Crippen LogP contribution in [0.1, 0.15) is 25.7 Å². The van der Waals surface area contributed by atoms with Crippen LogP contribution < -0.4 is 5.32 Å². The SMILES string of the molecule is O=C1CCC2CCC2N1. The summed E-state index contributed by atoms with van der Waals surface area (Å²) in [6.07, 6.45) is 4.46. The van der Waals surface area contributed by atoms with Gasteiger partial charge in [0.05, 0.1) is 0 Å². The Balaban J connectivity index is 1.99. The molecule has 2 heteroatoms. The molecule has 1 heterocycles. The van der Waals surface area contributed by atoms with Gasteiger partial charge in [0.1, 0.15) is 0 Å². The number of nitrogens with one attached hydrogen (secondary N) is 1. The van der Waals surface area contributed by atoms with Gasteiger partial charge in [0.25, 0.3) is 0 Å². The highest BCUT2D eigenvalue weighted by Gasteiger charge is 2.35. The van der Waals surface area contributed by atoms with Crippen molar-refractivity contribution in [2.75, 3.05) is 0 Å². The first-order chi connectivity index (χ1) is 4.36. The second kappa shape index (κ2) is 1.72. The summed E-state index contributed by atoms with van der Waals surface area (Å²) in [4.78, 5) is 10.7. The van der Waals surface area contributed by atoms with E-state index in [0.29, 0.717) is 6.04 Å². The first-order valence-electron chi connectivity index (χ1n) is 3.65. The molecule has 2 aliphatic rings. The van der Waals surface area contributed by atoms with Crippen molar-refractivity contribution >= 4 is 5.91 Å². The maximum absolute atomic E-state index is 10.7. The number of piperidine rings is 1. The number of amides is 1. The van der Waals surface area contributed by atoms with Gasteiger partial charge >= 0.3 is 0 Å². The molecule has 0 radical (unpaired) electrons. The van der Waals surface area contributed by atoms with Crippen LogP contribution in [-0.4, -0.2) is 11.9 Å². The summed E-state index contributed by atoms with van der Waals surface area (Å²) in [5.41, 5.74) is 0. The lowest BCUT2D eigenvalue weighted by atomic mass is 9.74. The summed E-state index contributed by atoms with van der Waals surface area (Å²) in [7, 11) is 0. The van der Waals surface area contributed by atoms with Gasteiger partial charge < -0.3 is 5.32 Å². The van der Waals surface area contributed by atoms with Gasteiger partial charge in [0.15, 0.2) is 0 Å². The molecule has 1 aliphatic carbocycles. The van der Waals surface area contributed by atoms with Crippen LogP contribution in [0, 0.1) is 5.92 Å². The molecule has 2 rings (SSSR count). The van der Waals surface area contributed by atoms with Gasteiger partial charge in [-0.15, -0.1) is 0 Å². The van der Waals surface area contributed by atoms with Crippen molar-refractivity contribution in [2.45, 2.75) is 31.7 Å². The Kier molecular flexibility index (Phi) is 1.01. The second-order valence-corrected chi connectivity index (χ2v) is 3.05. The molecule has 9 heavy (non-hydrogen) atoms. The summed E-state index contributed by atoms with van der Waals surface area (Å²) in [5.74, 6) is 1.10. The van der Waals surface area contributed by atoms with Crippen molar-refractivity contribution in [1.82, 2.24) is 5.32 Å².